The zero-order valence-corrected chi connectivity index (χ0v) is 12.3. The first-order valence-electron chi connectivity index (χ1n) is 6.32. The SMILES string of the molecule is CNCc1cc(Cl)ccc1-c1ccc(N(C)C)cc1. The Morgan fingerprint density at radius 2 is 1.74 bits per heavy atom. The van der Waals surface area contributed by atoms with Gasteiger partial charge in [0.1, 0.15) is 0 Å². The van der Waals surface area contributed by atoms with Gasteiger partial charge in [0, 0.05) is 31.4 Å². The molecule has 2 aromatic carbocycles. The maximum atomic E-state index is 6.07. The van der Waals surface area contributed by atoms with Crippen LogP contribution in [0.5, 0.6) is 0 Å². The Balaban J connectivity index is 2.40. The van der Waals surface area contributed by atoms with Gasteiger partial charge in [-0.2, -0.15) is 0 Å². The molecule has 0 saturated heterocycles. The highest BCUT2D eigenvalue weighted by Crippen LogP contribution is 2.28. The lowest BCUT2D eigenvalue weighted by molar-refractivity contribution is 0.819. The predicted octanol–water partition coefficient (Wildman–Crippen LogP) is 3.79. The third-order valence-corrected chi connectivity index (χ3v) is 3.36. The van der Waals surface area contributed by atoms with Gasteiger partial charge in [0.15, 0.2) is 0 Å². The van der Waals surface area contributed by atoms with E-state index in [4.69, 9.17) is 11.6 Å². The van der Waals surface area contributed by atoms with Crippen LogP contribution >= 0.6 is 11.6 Å². The number of nitrogens with one attached hydrogen (secondary N) is 1. The summed E-state index contributed by atoms with van der Waals surface area (Å²) in [5.74, 6) is 0. The Morgan fingerprint density at radius 1 is 1.05 bits per heavy atom. The molecule has 19 heavy (non-hydrogen) atoms. The molecule has 0 aromatic heterocycles. The van der Waals surface area contributed by atoms with Gasteiger partial charge in [0.2, 0.25) is 0 Å². The Hall–Kier alpha value is -1.51. The summed E-state index contributed by atoms with van der Waals surface area (Å²) in [6.45, 7) is 0.811. The van der Waals surface area contributed by atoms with E-state index in [-0.39, 0.29) is 0 Å². The molecular formula is C16H19ClN2. The number of nitrogens with zero attached hydrogens (tertiary/aromatic N) is 1. The molecule has 0 radical (unpaired) electrons. The van der Waals surface area contributed by atoms with Gasteiger partial charge in [-0.15, -0.1) is 0 Å². The Labute approximate surface area is 120 Å². The van der Waals surface area contributed by atoms with Gasteiger partial charge in [-0.05, 0) is 48.0 Å². The van der Waals surface area contributed by atoms with Crippen LogP contribution in [-0.4, -0.2) is 21.1 Å². The van der Waals surface area contributed by atoms with Crippen LogP contribution in [0.25, 0.3) is 11.1 Å². The molecule has 0 bridgehead atoms. The molecule has 0 fully saturated rings. The molecule has 0 atom stereocenters. The largest absolute Gasteiger partial charge is 0.378 e. The normalized spacial score (nSPS) is 10.5. The number of anilines is 1. The first-order chi connectivity index (χ1) is 9.11. The van der Waals surface area contributed by atoms with E-state index in [9.17, 15) is 0 Å². The van der Waals surface area contributed by atoms with E-state index in [2.05, 4.69) is 40.5 Å². The molecule has 0 aliphatic heterocycles. The minimum Gasteiger partial charge on any atom is -0.378 e. The first kappa shape index (κ1) is 13.9. The van der Waals surface area contributed by atoms with Crippen molar-refractivity contribution in [2.75, 3.05) is 26.0 Å². The lowest BCUT2D eigenvalue weighted by atomic mass is 9.99. The highest BCUT2D eigenvalue weighted by Gasteiger charge is 2.06. The van der Waals surface area contributed by atoms with Gasteiger partial charge in [-0.1, -0.05) is 29.8 Å². The van der Waals surface area contributed by atoms with Crippen LogP contribution in [0.1, 0.15) is 5.56 Å². The van der Waals surface area contributed by atoms with E-state index in [1.165, 1.54) is 22.4 Å². The van der Waals surface area contributed by atoms with Crippen LogP contribution in [0.2, 0.25) is 5.02 Å². The maximum absolute atomic E-state index is 6.07. The van der Waals surface area contributed by atoms with E-state index in [0.717, 1.165) is 11.6 Å². The van der Waals surface area contributed by atoms with Crippen molar-refractivity contribution in [3.63, 3.8) is 0 Å². The van der Waals surface area contributed by atoms with Crippen molar-refractivity contribution in [1.82, 2.24) is 5.32 Å². The van der Waals surface area contributed by atoms with E-state index in [1.54, 1.807) is 0 Å². The number of hydrogen-bond acceptors (Lipinski definition) is 2. The summed E-state index contributed by atoms with van der Waals surface area (Å²) in [6.07, 6.45) is 0. The average molecular weight is 275 g/mol. The van der Waals surface area contributed by atoms with Gasteiger partial charge in [-0.3, -0.25) is 0 Å². The monoisotopic (exact) mass is 274 g/mol. The summed E-state index contributed by atoms with van der Waals surface area (Å²) >= 11 is 6.07. The molecule has 100 valence electrons. The second kappa shape index (κ2) is 6.09. The summed E-state index contributed by atoms with van der Waals surface area (Å²) in [7, 11) is 6.04. The van der Waals surface area contributed by atoms with Crippen molar-refractivity contribution in [2.45, 2.75) is 6.54 Å². The van der Waals surface area contributed by atoms with Crippen LogP contribution in [0.4, 0.5) is 5.69 Å². The minimum absolute atomic E-state index is 0.777. The smallest absolute Gasteiger partial charge is 0.0409 e. The third-order valence-electron chi connectivity index (χ3n) is 3.13. The number of rotatable bonds is 4. The third kappa shape index (κ3) is 3.28. The fourth-order valence-corrected chi connectivity index (χ4v) is 2.31. The molecular weight excluding hydrogens is 256 g/mol. The number of hydrogen-bond donors (Lipinski definition) is 1. The maximum Gasteiger partial charge on any atom is 0.0409 e. The molecule has 2 nitrogen and oxygen atoms in total. The molecule has 3 heteroatoms. The molecule has 0 spiro atoms. The van der Waals surface area contributed by atoms with Crippen molar-refractivity contribution < 1.29 is 0 Å². The fourth-order valence-electron chi connectivity index (χ4n) is 2.12. The van der Waals surface area contributed by atoms with E-state index < -0.39 is 0 Å². The minimum atomic E-state index is 0.777. The van der Waals surface area contributed by atoms with E-state index in [0.29, 0.717) is 0 Å². The predicted molar refractivity (Wildman–Crippen MR) is 84.0 cm³/mol. The Bertz CT molecular complexity index is 547. The topological polar surface area (TPSA) is 15.3 Å². The standard InChI is InChI=1S/C16H19ClN2/c1-18-11-13-10-14(17)6-9-16(13)12-4-7-15(8-5-12)19(2)3/h4-10,18H,11H2,1-3H3. The van der Waals surface area contributed by atoms with Crippen molar-refractivity contribution >= 4 is 17.3 Å². The van der Waals surface area contributed by atoms with E-state index >= 15 is 0 Å². The lowest BCUT2D eigenvalue weighted by Gasteiger charge is -2.14. The van der Waals surface area contributed by atoms with Crippen LogP contribution < -0.4 is 10.2 Å². The van der Waals surface area contributed by atoms with Gasteiger partial charge >= 0.3 is 0 Å². The summed E-state index contributed by atoms with van der Waals surface area (Å²) in [6, 6.07) is 14.6. The summed E-state index contributed by atoms with van der Waals surface area (Å²) in [5, 5.41) is 3.96. The first-order valence-corrected chi connectivity index (χ1v) is 6.70. The highest BCUT2D eigenvalue weighted by atomic mass is 35.5. The second-order valence-electron chi connectivity index (χ2n) is 4.77. The number of benzene rings is 2. The van der Waals surface area contributed by atoms with E-state index in [1.807, 2.05) is 33.3 Å². The molecule has 0 aliphatic rings. The van der Waals surface area contributed by atoms with Crippen molar-refractivity contribution in [1.29, 1.82) is 0 Å². The average Bonchev–Trinajstić information content (AvgIpc) is 2.39. The molecule has 2 aromatic rings. The quantitative estimate of drug-likeness (QED) is 0.912. The zero-order valence-electron chi connectivity index (χ0n) is 11.6. The Morgan fingerprint density at radius 3 is 2.32 bits per heavy atom. The second-order valence-corrected chi connectivity index (χ2v) is 5.21. The van der Waals surface area contributed by atoms with Crippen molar-refractivity contribution in [3.8, 4) is 11.1 Å². The van der Waals surface area contributed by atoms with Crippen LogP contribution in [0, 0.1) is 0 Å². The van der Waals surface area contributed by atoms with Crippen LogP contribution in [0.15, 0.2) is 42.5 Å². The van der Waals surface area contributed by atoms with Gasteiger partial charge in [0.05, 0.1) is 0 Å². The van der Waals surface area contributed by atoms with Gasteiger partial charge < -0.3 is 10.2 Å². The van der Waals surface area contributed by atoms with Crippen molar-refractivity contribution in [2.24, 2.45) is 0 Å². The van der Waals surface area contributed by atoms with Crippen LogP contribution in [0.3, 0.4) is 0 Å². The van der Waals surface area contributed by atoms with Crippen LogP contribution in [-0.2, 0) is 6.54 Å². The zero-order chi connectivity index (χ0) is 13.8. The van der Waals surface area contributed by atoms with Gasteiger partial charge in [0.25, 0.3) is 0 Å². The summed E-state index contributed by atoms with van der Waals surface area (Å²) in [5.41, 5.74) is 4.86. The molecule has 0 amide bonds. The number of halogens is 1. The summed E-state index contributed by atoms with van der Waals surface area (Å²) < 4.78 is 0. The van der Waals surface area contributed by atoms with Crippen molar-refractivity contribution in [3.05, 3.63) is 53.1 Å². The lowest BCUT2D eigenvalue weighted by Crippen LogP contribution is -2.08. The highest BCUT2D eigenvalue weighted by molar-refractivity contribution is 6.30. The molecule has 0 saturated carbocycles. The molecule has 2 rings (SSSR count). The molecule has 0 aliphatic carbocycles. The molecule has 0 heterocycles. The molecule has 0 unspecified atom stereocenters. The summed E-state index contributed by atoms with van der Waals surface area (Å²) in [4.78, 5) is 2.10. The van der Waals surface area contributed by atoms with Gasteiger partial charge in [-0.25, -0.2) is 0 Å². The Kier molecular flexibility index (Phi) is 4.46. The molecule has 1 N–H and O–H groups in total. The fraction of sp³-hybridized carbons (Fsp3) is 0.250.